The molecule has 3 aliphatic rings. The van der Waals surface area contributed by atoms with Crippen LogP contribution in [0, 0.1) is 0 Å². The summed E-state index contributed by atoms with van der Waals surface area (Å²) in [5.74, 6) is 0. The van der Waals surface area contributed by atoms with E-state index in [1.165, 1.54) is 87.3 Å². The molecule has 0 N–H and O–H groups in total. The Morgan fingerprint density at radius 2 is 0.928 bits per heavy atom. The van der Waals surface area contributed by atoms with E-state index in [2.05, 4.69) is 242 Å². The molecule has 0 atom stereocenters. The summed E-state index contributed by atoms with van der Waals surface area (Å²) < 4.78 is 6.49. The standard InChI is InChI=1S/C67H41NO/c1-2-14-42(15-3-1)43-27-31-47(32-28-43)68(48-33-29-44(30-34-48)50-22-12-23-57-56-21-8-11-26-64(56)69-66(50)57)49-35-36-53-60(40-49)52-18-5-4-17-51(52)59-39-46-38-45-16-13-37-67(65(45)58(46)41-61(53)59)62-24-9-6-19-54(62)55-20-7-10-25-63(55)67/h1-41H. The van der Waals surface area contributed by atoms with E-state index in [4.69, 9.17) is 4.42 Å². The molecule has 320 valence electrons. The maximum Gasteiger partial charge on any atom is 0.143 e. The maximum absolute atomic E-state index is 6.49. The molecule has 2 heteroatoms. The van der Waals surface area contributed by atoms with Crippen LogP contribution < -0.4 is 15.3 Å². The van der Waals surface area contributed by atoms with Gasteiger partial charge < -0.3 is 9.32 Å². The molecule has 15 rings (SSSR count). The summed E-state index contributed by atoms with van der Waals surface area (Å²) in [6.45, 7) is 0. The molecule has 0 unspecified atom stereocenters. The molecular formula is C67H41NO. The largest absolute Gasteiger partial charge is 0.455 e. The van der Waals surface area contributed by atoms with Gasteiger partial charge in [-0.05, 0) is 154 Å². The normalized spacial score (nSPS) is 14.0. The Hall–Kier alpha value is -8.98. The van der Waals surface area contributed by atoms with Crippen molar-refractivity contribution < 1.29 is 4.42 Å². The number of fused-ring (bicyclic) bond motifs is 17. The zero-order valence-electron chi connectivity index (χ0n) is 37.5. The van der Waals surface area contributed by atoms with E-state index < -0.39 is 0 Å². The van der Waals surface area contributed by atoms with Crippen LogP contribution in [0.25, 0.3) is 99.3 Å². The first-order valence-electron chi connectivity index (χ1n) is 23.9. The fraction of sp³-hybridized carbons (Fsp3) is 0.0149. The first-order valence-corrected chi connectivity index (χ1v) is 23.9. The third-order valence-electron chi connectivity index (χ3n) is 15.2. The molecule has 0 saturated carbocycles. The Morgan fingerprint density at radius 1 is 0.377 bits per heavy atom. The second-order valence-electron chi connectivity index (χ2n) is 18.7. The molecule has 12 aromatic rings. The summed E-state index contributed by atoms with van der Waals surface area (Å²) in [7, 11) is 0. The lowest BCUT2D eigenvalue weighted by molar-refractivity contribution is 0.670. The van der Waals surface area contributed by atoms with Crippen molar-refractivity contribution >= 4 is 83.0 Å². The number of benzene rings is 11. The highest BCUT2D eigenvalue weighted by Gasteiger charge is 2.46. The van der Waals surface area contributed by atoms with Crippen LogP contribution in [0.3, 0.4) is 0 Å². The third-order valence-corrected chi connectivity index (χ3v) is 15.2. The van der Waals surface area contributed by atoms with E-state index in [-0.39, 0.29) is 5.41 Å². The van der Waals surface area contributed by atoms with Gasteiger partial charge in [-0.25, -0.2) is 0 Å². The summed E-state index contributed by atoms with van der Waals surface area (Å²) in [6.07, 6.45) is 9.46. The van der Waals surface area contributed by atoms with Crippen molar-refractivity contribution in [3.63, 3.8) is 0 Å². The Balaban J connectivity index is 0.933. The highest BCUT2D eigenvalue weighted by Crippen LogP contribution is 2.57. The molecule has 2 nitrogen and oxygen atoms in total. The molecule has 0 amide bonds. The van der Waals surface area contributed by atoms with E-state index >= 15 is 0 Å². The van der Waals surface area contributed by atoms with E-state index in [0.29, 0.717) is 0 Å². The summed E-state index contributed by atoms with van der Waals surface area (Å²) in [5.41, 5.74) is 17.3. The van der Waals surface area contributed by atoms with Crippen LogP contribution in [0.15, 0.2) is 253 Å². The van der Waals surface area contributed by atoms with Gasteiger partial charge in [-0.1, -0.05) is 188 Å². The number of anilines is 3. The summed E-state index contributed by atoms with van der Waals surface area (Å²) in [4.78, 5) is 2.40. The lowest BCUT2D eigenvalue weighted by atomic mass is 9.67. The summed E-state index contributed by atoms with van der Waals surface area (Å²) >= 11 is 0. The first kappa shape index (κ1) is 38.2. The van der Waals surface area contributed by atoms with Crippen LogP contribution in [-0.2, 0) is 5.41 Å². The van der Waals surface area contributed by atoms with Crippen LogP contribution in [0.4, 0.5) is 17.1 Å². The summed E-state index contributed by atoms with van der Waals surface area (Å²) in [5, 5.41) is 12.4. The van der Waals surface area contributed by atoms with Gasteiger partial charge in [0, 0.05) is 33.4 Å². The molecule has 0 aliphatic heterocycles. The smallest absolute Gasteiger partial charge is 0.143 e. The zero-order chi connectivity index (χ0) is 45.2. The highest BCUT2D eigenvalue weighted by atomic mass is 16.3. The monoisotopic (exact) mass is 875 g/mol. The molecule has 1 aromatic heterocycles. The van der Waals surface area contributed by atoms with Crippen molar-refractivity contribution in [3.8, 4) is 33.4 Å². The van der Waals surface area contributed by atoms with E-state index in [1.54, 1.807) is 0 Å². The zero-order valence-corrected chi connectivity index (χ0v) is 37.5. The van der Waals surface area contributed by atoms with Gasteiger partial charge in [-0.3, -0.25) is 0 Å². The molecule has 1 heterocycles. The van der Waals surface area contributed by atoms with Gasteiger partial charge in [0.25, 0.3) is 0 Å². The van der Waals surface area contributed by atoms with E-state index in [0.717, 1.165) is 50.1 Å². The lowest BCUT2D eigenvalue weighted by Crippen LogP contribution is -2.33. The van der Waals surface area contributed by atoms with Crippen LogP contribution in [0.5, 0.6) is 0 Å². The Kier molecular flexibility index (Phi) is 8.02. The van der Waals surface area contributed by atoms with Gasteiger partial charge >= 0.3 is 0 Å². The quantitative estimate of drug-likeness (QED) is 0.160. The van der Waals surface area contributed by atoms with Crippen LogP contribution >= 0.6 is 0 Å². The average molecular weight is 876 g/mol. The lowest BCUT2D eigenvalue weighted by Gasteiger charge is -2.34. The minimum absolute atomic E-state index is 0.378. The Bertz CT molecular complexity index is 4300. The second kappa shape index (κ2) is 14.5. The van der Waals surface area contributed by atoms with Gasteiger partial charge in [-0.2, -0.15) is 0 Å². The second-order valence-corrected chi connectivity index (χ2v) is 18.7. The molecular weight excluding hydrogens is 835 g/mol. The predicted molar refractivity (Wildman–Crippen MR) is 289 cm³/mol. The van der Waals surface area contributed by atoms with Crippen molar-refractivity contribution in [2.75, 3.05) is 4.90 Å². The number of hydrogen-bond donors (Lipinski definition) is 0. The molecule has 3 aliphatic carbocycles. The van der Waals surface area contributed by atoms with Gasteiger partial charge in [0.15, 0.2) is 0 Å². The topological polar surface area (TPSA) is 16.4 Å². The van der Waals surface area contributed by atoms with Crippen molar-refractivity contribution in [1.29, 1.82) is 0 Å². The van der Waals surface area contributed by atoms with Crippen molar-refractivity contribution in [2.45, 2.75) is 5.41 Å². The fourth-order valence-corrected chi connectivity index (χ4v) is 12.2. The molecule has 11 aromatic carbocycles. The van der Waals surface area contributed by atoms with E-state index in [9.17, 15) is 0 Å². The Morgan fingerprint density at radius 3 is 1.67 bits per heavy atom. The van der Waals surface area contributed by atoms with Crippen molar-refractivity contribution in [3.05, 3.63) is 270 Å². The number of hydrogen-bond acceptors (Lipinski definition) is 2. The molecule has 0 radical (unpaired) electrons. The highest BCUT2D eigenvalue weighted by molar-refractivity contribution is 6.26. The number of rotatable bonds is 5. The fourth-order valence-electron chi connectivity index (χ4n) is 12.2. The molecule has 69 heavy (non-hydrogen) atoms. The van der Waals surface area contributed by atoms with Crippen molar-refractivity contribution in [2.24, 2.45) is 0 Å². The minimum atomic E-state index is -0.378. The average Bonchev–Trinajstić information content (AvgIpc) is 4.08. The molecule has 0 fully saturated rings. The number of para-hydroxylation sites is 2. The predicted octanol–water partition coefficient (Wildman–Crippen LogP) is 16.3. The van der Waals surface area contributed by atoms with Crippen molar-refractivity contribution in [1.82, 2.24) is 0 Å². The molecule has 0 saturated heterocycles. The third kappa shape index (κ3) is 5.49. The first-order chi connectivity index (χ1) is 34.2. The van der Waals surface area contributed by atoms with Gasteiger partial charge in [0.1, 0.15) is 11.2 Å². The number of allylic oxidation sites excluding steroid dienone is 4. The summed E-state index contributed by atoms with van der Waals surface area (Å²) in [6, 6.07) is 82.4. The number of nitrogens with zero attached hydrogens (tertiary/aromatic N) is 1. The Labute approximate surface area is 399 Å². The van der Waals surface area contributed by atoms with Crippen LogP contribution in [-0.4, -0.2) is 0 Å². The van der Waals surface area contributed by atoms with Gasteiger partial charge in [-0.15, -0.1) is 0 Å². The van der Waals surface area contributed by atoms with Crippen LogP contribution in [0.1, 0.15) is 11.1 Å². The molecule has 0 bridgehead atoms. The molecule has 1 spiro atoms. The number of furan rings is 1. The van der Waals surface area contributed by atoms with E-state index in [1.807, 2.05) is 12.1 Å². The van der Waals surface area contributed by atoms with Gasteiger partial charge in [0.05, 0.1) is 5.41 Å². The maximum atomic E-state index is 6.49. The SMILES string of the molecule is C1=CC2(C3=c4cc5c6ccc(N(c7ccc(-c8ccccc8)cc7)c7ccc(-c8cccc9c8oc8ccccc89)cc7)cc6c6ccccc6c5cc4=CC3=C1)c1ccccc1-c1ccccc12. The van der Waals surface area contributed by atoms with Gasteiger partial charge in [0.2, 0.25) is 0 Å². The van der Waals surface area contributed by atoms with Crippen LogP contribution in [0.2, 0.25) is 0 Å². The minimum Gasteiger partial charge on any atom is -0.455 e.